The highest BCUT2D eigenvalue weighted by atomic mass is 16.6. The zero-order valence-corrected chi connectivity index (χ0v) is 21.2. The van der Waals surface area contributed by atoms with Crippen molar-refractivity contribution in [1.82, 2.24) is 5.32 Å². The lowest BCUT2D eigenvalue weighted by Crippen LogP contribution is -2.77. The molecule has 0 aromatic heterocycles. The third-order valence-electron chi connectivity index (χ3n) is 5.88. The normalized spacial score (nSPS) is 12.0. The van der Waals surface area contributed by atoms with Crippen LogP contribution in [0.15, 0.2) is 109 Å². The molecule has 0 radical (unpaired) electrons. The van der Waals surface area contributed by atoms with Crippen LogP contribution in [0.5, 0.6) is 17.2 Å². The van der Waals surface area contributed by atoms with Crippen molar-refractivity contribution in [2.24, 2.45) is 0 Å². The number of carbonyl (C=O) groups is 1. The molecule has 194 valence electrons. The molecule has 0 spiro atoms. The first-order valence-electron chi connectivity index (χ1n) is 12.3. The molecular weight excluding hydrogens is 480 g/mol. The standard InChI is InChI=1S/C31H30N2O5/c1-32-29(20-31(34)35)25-14-18-27(19-15-25)36-21-23-12-16-26(17-13-23)37-22-30(24-8-4-2-5-9-24)33-38-28-10-6-3-7-11-28/h2-19,29,32H,20-22H2,1H3,(H,34,35)/p+1/b33-30+. The Balaban J connectivity index is 1.32. The Kier molecular flexibility index (Phi) is 9.48. The fourth-order valence-corrected chi connectivity index (χ4v) is 3.78. The van der Waals surface area contributed by atoms with Gasteiger partial charge in [0.2, 0.25) is 5.75 Å². The van der Waals surface area contributed by atoms with Crippen LogP contribution >= 0.6 is 0 Å². The van der Waals surface area contributed by atoms with E-state index in [4.69, 9.17) is 19.4 Å². The van der Waals surface area contributed by atoms with E-state index in [1.807, 2.05) is 109 Å². The first-order valence-corrected chi connectivity index (χ1v) is 12.3. The fraction of sp³-hybridized carbons (Fsp3) is 0.161. The smallest absolute Gasteiger partial charge is 0.305 e. The Morgan fingerprint density at radius 3 is 2.03 bits per heavy atom. The van der Waals surface area contributed by atoms with Gasteiger partial charge in [0.15, 0.2) is 6.61 Å². The van der Waals surface area contributed by atoms with E-state index in [9.17, 15) is 4.79 Å². The van der Waals surface area contributed by atoms with Gasteiger partial charge in [-0.2, -0.15) is 0 Å². The summed E-state index contributed by atoms with van der Waals surface area (Å²) in [6.45, 7) is 0.701. The van der Waals surface area contributed by atoms with E-state index >= 15 is 0 Å². The molecule has 7 nitrogen and oxygen atoms in total. The van der Waals surface area contributed by atoms with Crippen molar-refractivity contribution in [3.05, 3.63) is 126 Å². The zero-order chi connectivity index (χ0) is 26.6. The maximum atomic E-state index is 11.0. The predicted octanol–water partition coefficient (Wildman–Crippen LogP) is 3.94. The molecule has 0 aliphatic carbocycles. The van der Waals surface area contributed by atoms with Crippen LogP contribution in [-0.2, 0) is 11.4 Å². The van der Waals surface area contributed by atoms with Crippen molar-refractivity contribution in [1.29, 1.82) is 0 Å². The van der Waals surface area contributed by atoms with Gasteiger partial charge in [-0.15, -0.1) is 0 Å². The highest BCUT2D eigenvalue weighted by Gasteiger charge is 2.14. The summed E-state index contributed by atoms with van der Waals surface area (Å²) in [5.41, 5.74) is 3.68. The molecule has 0 amide bonds. The third-order valence-corrected chi connectivity index (χ3v) is 5.88. The summed E-state index contributed by atoms with van der Waals surface area (Å²) in [7, 11) is 1.75. The van der Waals surface area contributed by atoms with Crippen molar-refractivity contribution in [2.75, 3.05) is 13.7 Å². The number of hydrogen-bond donors (Lipinski definition) is 3. The second kappa shape index (κ2) is 13.6. The van der Waals surface area contributed by atoms with Gasteiger partial charge in [0.25, 0.3) is 5.71 Å². The average molecular weight is 512 g/mol. The van der Waals surface area contributed by atoms with Gasteiger partial charge < -0.3 is 19.9 Å². The second-order valence-electron chi connectivity index (χ2n) is 8.59. The Morgan fingerprint density at radius 1 is 0.789 bits per heavy atom. The highest BCUT2D eigenvalue weighted by molar-refractivity contribution is 5.97. The lowest BCUT2D eigenvalue weighted by molar-refractivity contribution is -0.704. The van der Waals surface area contributed by atoms with Crippen molar-refractivity contribution in [3.63, 3.8) is 0 Å². The summed E-state index contributed by atoms with van der Waals surface area (Å²) >= 11 is 0. The maximum absolute atomic E-state index is 11.0. The van der Waals surface area contributed by atoms with Gasteiger partial charge in [-0.3, -0.25) is 4.79 Å². The van der Waals surface area contributed by atoms with E-state index < -0.39 is 5.97 Å². The van der Waals surface area contributed by atoms with Crippen LogP contribution in [0.3, 0.4) is 0 Å². The number of para-hydroxylation sites is 1. The summed E-state index contributed by atoms with van der Waals surface area (Å²) in [6.07, 6.45) is 0.0197. The zero-order valence-electron chi connectivity index (χ0n) is 21.2. The van der Waals surface area contributed by atoms with Crippen molar-refractivity contribution < 1.29 is 29.4 Å². The summed E-state index contributed by atoms with van der Waals surface area (Å²) in [5.74, 6) is 1.31. The van der Waals surface area contributed by atoms with E-state index in [1.54, 1.807) is 7.05 Å². The molecule has 0 fully saturated rings. The van der Waals surface area contributed by atoms with E-state index in [0.29, 0.717) is 24.7 Å². The minimum absolute atomic E-state index is 0.0197. The van der Waals surface area contributed by atoms with E-state index in [0.717, 1.165) is 28.2 Å². The Bertz CT molecular complexity index is 1310. The van der Waals surface area contributed by atoms with Gasteiger partial charge in [0.05, 0.1) is 6.42 Å². The number of carboxylic acid groups (broad SMARTS) is 1. The highest BCUT2D eigenvalue weighted by Crippen LogP contribution is 2.21. The van der Waals surface area contributed by atoms with Crippen LogP contribution < -0.4 is 24.8 Å². The Hall–Kier alpha value is -4.62. The first-order chi connectivity index (χ1) is 18.6. The number of benzene rings is 4. The molecule has 0 aliphatic heterocycles. The van der Waals surface area contributed by atoms with Crippen LogP contribution in [0, 0.1) is 0 Å². The molecule has 0 bridgehead atoms. The second-order valence-corrected chi connectivity index (χ2v) is 8.59. The van der Waals surface area contributed by atoms with Crippen LogP contribution in [-0.4, -0.2) is 30.4 Å². The van der Waals surface area contributed by atoms with Gasteiger partial charge in [0.1, 0.15) is 18.1 Å². The van der Waals surface area contributed by atoms with Gasteiger partial charge in [-0.25, -0.2) is 4.84 Å². The number of rotatable bonds is 13. The van der Waals surface area contributed by atoms with E-state index in [2.05, 4.69) is 10.5 Å². The SMILES string of the molecule is CNC(CC(=O)O)c1ccc(OCc2ccc(OC/C(=[NH+]\Oc3ccccc3)c3ccccc3)cc2)cc1. The molecule has 1 unspecified atom stereocenters. The Morgan fingerprint density at radius 2 is 1.39 bits per heavy atom. The Labute approximate surface area is 222 Å². The van der Waals surface area contributed by atoms with Crippen LogP contribution in [0.25, 0.3) is 0 Å². The molecule has 38 heavy (non-hydrogen) atoms. The molecule has 4 aromatic rings. The first kappa shape index (κ1) is 26.4. The van der Waals surface area contributed by atoms with Gasteiger partial charge in [0, 0.05) is 11.6 Å². The predicted molar refractivity (Wildman–Crippen MR) is 145 cm³/mol. The molecule has 0 saturated heterocycles. The monoisotopic (exact) mass is 511 g/mol. The minimum atomic E-state index is -0.844. The number of ether oxygens (including phenoxy) is 2. The van der Waals surface area contributed by atoms with Gasteiger partial charge in [-0.05, 0) is 71.9 Å². The fourth-order valence-electron chi connectivity index (χ4n) is 3.78. The number of aliphatic carboxylic acids is 1. The largest absolute Gasteiger partial charge is 0.489 e. The molecular formula is C31H31N2O5+. The molecule has 4 aromatic carbocycles. The summed E-state index contributed by atoms with van der Waals surface area (Å²) < 4.78 is 11.9. The number of nitrogens with one attached hydrogen (secondary N) is 2. The van der Waals surface area contributed by atoms with E-state index in [-0.39, 0.29) is 12.5 Å². The number of hydrogen-bond acceptors (Lipinski definition) is 5. The minimum Gasteiger partial charge on any atom is -0.489 e. The maximum Gasteiger partial charge on any atom is 0.305 e. The van der Waals surface area contributed by atoms with Crippen molar-refractivity contribution >= 4 is 11.7 Å². The van der Waals surface area contributed by atoms with Crippen LogP contribution in [0.2, 0.25) is 0 Å². The van der Waals surface area contributed by atoms with Gasteiger partial charge in [-0.1, -0.05) is 60.7 Å². The summed E-state index contributed by atoms with van der Waals surface area (Å²) in [4.78, 5) is 16.8. The molecule has 7 heteroatoms. The van der Waals surface area contributed by atoms with Crippen molar-refractivity contribution in [3.8, 4) is 17.2 Å². The topological polar surface area (TPSA) is 91.0 Å². The van der Waals surface area contributed by atoms with Crippen molar-refractivity contribution in [2.45, 2.75) is 19.1 Å². The molecule has 0 heterocycles. The van der Waals surface area contributed by atoms with E-state index in [1.165, 1.54) is 0 Å². The third kappa shape index (κ3) is 7.94. The van der Waals surface area contributed by atoms with Gasteiger partial charge >= 0.3 is 5.97 Å². The number of carboxylic acids is 1. The lowest BCUT2D eigenvalue weighted by atomic mass is 10.0. The molecule has 0 saturated carbocycles. The summed E-state index contributed by atoms with van der Waals surface area (Å²) in [6, 6.07) is 34.4. The summed E-state index contributed by atoms with van der Waals surface area (Å²) in [5, 5.41) is 15.1. The molecule has 3 N–H and O–H groups in total. The average Bonchev–Trinajstić information content (AvgIpc) is 2.96. The molecule has 4 rings (SSSR count). The molecule has 0 aliphatic rings. The lowest BCUT2D eigenvalue weighted by Gasteiger charge is -2.15. The quantitative estimate of drug-likeness (QED) is 0.186. The van der Waals surface area contributed by atoms with Crippen LogP contribution in [0.4, 0.5) is 0 Å². The van der Waals surface area contributed by atoms with Crippen LogP contribution in [0.1, 0.15) is 29.2 Å². The molecule has 1 atom stereocenters.